The Morgan fingerprint density at radius 1 is 0.760 bits per heavy atom. The van der Waals surface area contributed by atoms with Crippen molar-refractivity contribution in [3.63, 3.8) is 0 Å². The SMILES string of the molecule is O=C1[C@H](Cc2ccccc2)C(c2ccccc2)=NN1c1ccccc1. The summed E-state index contributed by atoms with van der Waals surface area (Å²) in [7, 11) is 0. The van der Waals surface area contributed by atoms with E-state index in [9.17, 15) is 4.79 Å². The second kappa shape index (κ2) is 6.73. The maximum absolute atomic E-state index is 13.1. The molecule has 0 saturated carbocycles. The van der Waals surface area contributed by atoms with Crippen LogP contribution in [0.3, 0.4) is 0 Å². The van der Waals surface area contributed by atoms with Gasteiger partial charge < -0.3 is 0 Å². The van der Waals surface area contributed by atoms with Crippen LogP contribution >= 0.6 is 0 Å². The highest BCUT2D eigenvalue weighted by molar-refractivity contribution is 6.21. The van der Waals surface area contributed by atoms with Gasteiger partial charge in [-0.2, -0.15) is 10.1 Å². The fraction of sp³-hybridized carbons (Fsp3) is 0.0909. The molecule has 3 nitrogen and oxygen atoms in total. The van der Waals surface area contributed by atoms with Crippen molar-refractivity contribution in [3.8, 4) is 0 Å². The Bertz CT molecular complexity index is 889. The van der Waals surface area contributed by atoms with Crippen LogP contribution in [0.2, 0.25) is 0 Å². The van der Waals surface area contributed by atoms with Crippen molar-refractivity contribution in [1.29, 1.82) is 0 Å². The first kappa shape index (κ1) is 15.3. The number of hydrazone groups is 1. The molecule has 0 aromatic heterocycles. The molecule has 0 saturated heterocycles. The number of nitrogens with zero attached hydrogens (tertiary/aromatic N) is 2. The molecule has 3 aromatic carbocycles. The summed E-state index contributed by atoms with van der Waals surface area (Å²) < 4.78 is 0. The number of carbonyl (C=O) groups is 1. The van der Waals surface area contributed by atoms with Crippen LogP contribution < -0.4 is 5.01 Å². The quantitative estimate of drug-likeness (QED) is 0.704. The lowest BCUT2D eigenvalue weighted by molar-refractivity contribution is -0.119. The number of hydrogen-bond acceptors (Lipinski definition) is 2. The first-order valence-electron chi connectivity index (χ1n) is 8.40. The van der Waals surface area contributed by atoms with Crippen LogP contribution in [-0.4, -0.2) is 11.6 Å². The molecule has 1 aliphatic rings. The maximum Gasteiger partial charge on any atom is 0.256 e. The molecule has 0 aliphatic carbocycles. The zero-order valence-corrected chi connectivity index (χ0v) is 13.7. The Kier molecular flexibility index (Phi) is 4.13. The third-order valence-electron chi connectivity index (χ3n) is 4.40. The zero-order valence-electron chi connectivity index (χ0n) is 13.7. The van der Waals surface area contributed by atoms with Crippen molar-refractivity contribution in [2.75, 3.05) is 5.01 Å². The highest BCUT2D eigenvalue weighted by Gasteiger charge is 2.37. The molecular formula is C22H18N2O. The third-order valence-corrected chi connectivity index (χ3v) is 4.40. The number of carbonyl (C=O) groups excluding carboxylic acids is 1. The van der Waals surface area contributed by atoms with Gasteiger partial charge in [0.2, 0.25) is 0 Å². The molecule has 1 atom stereocenters. The van der Waals surface area contributed by atoms with E-state index < -0.39 is 0 Å². The number of rotatable bonds is 4. The fourth-order valence-electron chi connectivity index (χ4n) is 3.15. The van der Waals surface area contributed by atoms with Gasteiger partial charge in [-0.25, -0.2) is 0 Å². The topological polar surface area (TPSA) is 32.7 Å². The Balaban J connectivity index is 1.73. The highest BCUT2D eigenvalue weighted by atomic mass is 16.2. The molecule has 122 valence electrons. The van der Waals surface area contributed by atoms with E-state index in [0.29, 0.717) is 6.42 Å². The van der Waals surface area contributed by atoms with E-state index in [1.54, 1.807) is 0 Å². The molecule has 0 radical (unpaired) electrons. The summed E-state index contributed by atoms with van der Waals surface area (Å²) in [5.74, 6) is -0.251. The molecule has 3 aromatic rings. The van der Waals surface area contributed by atoms with E-state index in [1.165, 1.54) is 5.01 Å². The monoisotopic (exact) mass is 326 g/mol. The van der Waals surface area contributed by atoms with Gasteiger partial charge in [-0.3, -0.25) is 4.79 Å². The van der Waals surface area contributed by atoms with Gasteiger partial charge in [0.1, 0.15) is 0 Å². The van der Waals surface area contributed by atoms with Crippen molar-refractivity contribution in [2.45, 2.75) is 6.42 Å². The third kappa shape index (κ3) is 3.09. The minimum Gasteiger partial charge on any atom is -0.272 e. The van der Waals surface area contributed by atoms with Gasteiger partial charge in [0.15, 0.2) is 0 Å². The summed E-state index contributed by atoms with van der Waals surface area (Å²) in [6, 6.07) is 29.7. The summed E-state index contributed by atoms with van der Waals surface area (Å²) in [5.41, 5.74) is 3.77. The Hall–Kier alpha value is -3.20. The average molecular weight is 326 g/mol. The Morgan fingerprint density at radius 2 is 1.32 bits per heavy atom. The summed E-state index contributed by atoms with van der Waals surface area (Å²) in [5, 5.41) is 6.23. The van der Waals surface area contributed by atoms with Gasteiger partial charge >= 0.3 is 0 Å². The van der Waals surface area contributed by atoms with Crippen LogP contribution in [0.15, 0.2) is 96.1 Å². The molecule has 3 heteroatoms. The highest BCUT2D eigenvalue weighted by Crippen LogP contribution is 2.28. The minimum absolute atomic E-state index is 0.0221. The molecule has 0 unspecified atom stereocenters. The summed E-state index contributed by atoms with van der Waals surface area (Å²) in [4.78, 5) is 13.1. The van der Waals surface area contributed by atoms with E-state index in [1.807, 2.05) is 78.9 Å². The van der Waals surface area contributed by atoms with E-state index >= 15 is 0 Å². The second-order valence-electron chi connectivity index (χ2n) is 6.08. The predicted molar refractivity (Wildman–Crippen MR) is 101 cm³/mol. The average Bonchev–Trinajstić information content (AvgIpc) is 3.01. The molecule has 0 N–H and O–H groups in total. The number of amides is 1. The smallest absolute Gasteiger partial charge is 0.256 e. The van der Waals surface area contributed by atoms with Crippen LogP contribution in [0.4, 0.5) is 5.69 Å². The van der Waals surface area contributed by atoms with Gasteiger partial charge in [-0.05, 0) is 29.7 Å². The summed E-state index contributed by atoms with van der Waals surface area (Å²) >= 11 is 0. The molecule has 4 rings (SSSR count). The van der Waals surface area contributed by atoms with Crippen LogP contribution in [0.25, 0.3) is 0 Å². The first-order valence-corrected chi connectivity index (χ1v) is 8.40. The molecule has 25 heavy (non-hydrogen) atoms. The van der Waals surface area contributed by atoms with Crippen molar-refractivity contribution in [1.82, 2.24) is 0 Å². The molecule has 0 bridgehead atoms. The molecule has 0 fully saturated rings. The predicted octanol–water partition coefficient (Wildman–Crippen LogP) is 4.30. The lowest BCUT2D eigenvalue weighted by Crippen LogP contribution is -2.29. The number of para-hydroxylation sites is 1. The Morgan fingerprint density at radius 3 is 1.96 bits per heavy atom. The van der Waals surface area contributed by atoms with Crippen LogP contribution in [0, 0.1) is 5.92 Å². The van der Waals surface area contributed by atoms with Crippen molar-refractivity contribution in [2.24, 2.45) is 11.0 Å². The maximum atomic E-state index is 13.1. The first-order chi connectivity index (χ1) is 12.3. The molecule has 1 heterocycles. The van der Waals surface area contributed by atoms with Crippen LogP contribution in [-0.2, 0) is 11.2 Å². The van der Waals surface area contributed by atoms with Gasteiger partial charge in [0.25, 0.3) is 5.91 Å². The van der Waals surface area contributed by atoms with Crippen LogP contribution in [0.1, 0.15) is 11.1 Å². The van der Waals surface area contributed by atoms with Crippen molar-refractivity contribution >= 4 is 17.3 Å². The second-order valence-corrected chi connectivity index (χ2v) is 6.08. The number of benzene rings is 3. The summed E-state index contributed by atoms with van der Waals surface area (Å²) in [6.45, 7) is 0. The van der Waals surface area contributed by atoms with E-state index in [4.69, 9.17) is 0 Å². The molecule has 0 spiro atoms. The van der Waals surface area contributed by atoms with Gasteiger partial charge in [0, 0.05) is 0 Å². The van der Waals surface area contributed by atoms with Gasteiger partial charge in [-0.1, -0.05) is 78.9 Å². The lowest BCUT2D eigenvalue weighted by atomic mass is 9.90. The molecular weight excluding hydrogens is 308 g/mol. The standard InChI is InChI=1S/C22H18N2O/c25-22-20(16-17-10-4-1-5-11-17)21(18-12-6-2-7-13-18)23-24(22)19-14-8-3-9-15-19/h1-15,20H,16H2/t20-/m1/s1. The Labute approximate surface area is 147 Å². The largest absolute Gasteiger partial charge is 0.272 e. The zero-order chi connectivity index (χ0) is 17.1. The van der Waals surface area contributed by atoms with E-state index in [-0.39, 0.29) is 11.8 Å². The van der Waals surface area contributed by atoms with Crippen molar-refractivity contribution < 1.29 is 4.79 Å². The minimum atomic E-state index is -0.273. The number of anilines is 1. The summed E-state index contributed by atoms with van der Waals surface area (Å²) in [6.07, 6.45) is 0.650. The lowest BCUT2D eigenvalue weighted by Gasteiger charge is -2.14. The van der Waals surface area contributed by atoms with Crippen LogP contribution in [0.5, 0.6) is 0 Å². The molecule has 1 aliphatic heterocycles. The van der Waals surface area contributed by atoms with Gasteiger partial charge in [0.05, 0.1) is 17.3 Å². The van der Waals surface area contributed by atoms with E-state index in [0.717, 1.165) is 22.5 Å². The number of hydrogen-bond donors (Lipinski definition) is 0. The molecule has 1 amide bonds. The normalized spacial score (nSPS) is 16.8. The van der Waals surface area contributed by atoms with Gasteiger partial charge in [-0.15, -0.1) is 0 Å². The van der Waals surface area contributed by atoms with E-state index in [2.05, 4.69) is 17.2 Å². The van der Waals surface area contributed by atoms with Crippen molar-refractivity contribution in [3.05, 3.63) is 102 Å². The fourth-order valence-corrected chi connectivity index (χ4v) is 3.15.